The molecule has 1 aromatic rings. The first-order valence-corrected chi connectivity index (χ1v) is 11.2. The van der Waals surface area contributed by atoms with Crippen molar-refractivity contribution in [1.82, 2.24) is 14.7 Å². The molecule has 1 saturated heterocycles. The Hall–Kier alpha value is -2.81. The summed E-state index contributed by atoms with van der Waals surface area (Å²) in [6.07, 6.45) is 0.918. The second-order valence-electron chi connectivity index (χ2n) is 10.0. The lowest BCUT2D eigenvalue weighted by Crippen LogP contribution is -2.50. The van der Waals surface area contributed by atoms with Crippen molar-refractivity contribution in [3.63, 3.8) is 0 Å². The largest absolute Gasteiger partial charge is 0.444 e. The molecule has 3 amide bonds. The first-order chi connectivity index (χ1) is 15.3. The molecular formula is C24H38N4O5. The third-order valence-corrected chi connectivity index (χ3v) is 5.55. The van der Waals surface area contributed by atoms with Gasteiger partial charge in [-0.25, -0.2) is 9.59 Å². The average molecular weight is 463 g/mol. The number of rotatable bonds is 6. The van der Waals surface area contributed by atoms with Crippen LogP contribution in [0.2, 0.25) is 0 Å². The molecule has 1 aromatic carbocycles. The molecule has 0 atom stereocenters. The molecule has 1 fully saturated rings. The van der Waals surface area contributed by atoms with E-state index in [1.807, 2.05) is 34.9 Å². The Balaban J connectivity index is 2.12. The average Bonchev–Trinajstić information content (AvgIpc) is 2.71. The SMILES string of the molecule is CN(C)CCC1(C(=O)Nc2cccc(OC(=O)N(C)C)c2)CCN(C(=O)OC(C)(C)C)CC1. The van der Waals surface area contributed by atoms with Gasteiger partial charge in [0.15, 0.2) is 0 Å². The normalized spacial score (nSPS) is 15.7. The summed E-state index contributed by atoms with van der Waals surface area (Å²) < 4.78 is 10.8. The standard InChI is InChI=1S/C24H38N4O5/c1-23(2,3)33-22(31)28-15-12-24(13-16-28,11-14-26(4)5)20(29)25-18-9-8-10-19(17-18)32-21(30)27(6)7/h8-10,17H,11-16H2,1-7H3,(H,25,29). The van der Waals surface area contributed by atoms with Crippen LogP contribution in [-0.2, 0) is 9.53 Å². The number of likely N-dealkylation sites (tertiary alicyclic amines) is 1. The van der Waals surface area contributed by atoms with E-state index in [-0.39, 0.29) is 12.0 Å². The van der Waals surface area contributed by atoms with E-state index in [1.54, 1.807) is 43.3 Å². The number of hydrogen-bond acceptors (Lipinski definition) is 6. The lowest BCUT2D eigenvalue weighted by molar-refractivity contribution is -0.129. The number of carbonyl (C=O) groups is 3. The van der Waals surface area contributed by atoms with Crippen LogP contribution in [0.5, 0.6) is 5.75 Å². The topological polar surface area (TPSA) is 91.4 Å². The first kappa shape index (κ1) is 26.4. The maximum atomic E-state index is 13.5. The van der Waals surface area contributed by atoms with Crippen LogP contribution in [0, 0.1) is 5.41 Å². The molecule has 0 bridgehead atoms. The fourth-order valence-electron chi connectivity index (χ4n) is 3.57. The van der Waals surface area contributed by atoms with Crippen molar-refractivity contribution in [2.75, 3.05) is 53.1 Å². The van der Waals surface area contributed by atoms with Gasteiger partial charge in [0.1, 0.15) is 11.4 Å². The van der Waals surface area contributed by atoms with Crippen LogP contribution < -0.4 is 10.1 Å². The van der Waals surface area contributed by atoms with Gasteiger partial charge >= 0.3 is 12.2 Å². The van der Waals surface area contributed by atoms with E-state index in [1.165, 1.54) is 4.90 Å². The molecule has 1 N–H and O–H groups in total. The minimum Gasteiger partial charge on any atom is -0.444 e. The molecule has 184 valence electrons. The highest BCUT2D eigenvalue weighted by Gasteiger charge is 2.42. The van der Waals surface area contributed by atoms with Gasteiger partial charge < -0.3 is 29.5 Å². The monoisotopic (exact) mass is 462 g/mol. The van der Waals surface area contributed by atoms with Crippen LogP contribution in [0.15, 0.2) is 24.3 Å². The molecule has 9 heteroatoms. The summed E-state index contributed by atoms with van der Waals surface area (Å²) in [5, 5.41) is 3.00. The van der Waals surface area contributed by atoms with E-state index in [2.05, 4.69) is 10.2 Å². The highest BCUT2D eigenvalue weighted by Crippen LogP contribution is 2.37. The number of nitrogens with zero attached hydrogens (tertiary/aromatic N) is 3. The van der Waals surface area contributed by atoms with Crippen molar-refractivity contribution in [2.24, 2.45) is 5.41 Å². The van der Waals surface area contributed by atoms with Crippen molar-refractivity contribution in [2.45, 2.75) is 45.6 Å². The van der Waals surface area contributed by atoms with Crippen LogP contribution in [0.25, 0.3) is 0 Å². The fourth-order valence-corrected chi connectivity index (χ4v) is 3.57. The molecule has 0 unspecified atom stereocenters. The zero-order valence-corrected chi connectivity index (χ0v) is 20.9. The molecule has 1 aliphatic rings. The second kappa shape index (κ2) is 10.9. The summed E-state index contributed by atoms with van der Waals surface area (Å²) in [7, 11) is 7.16. The van der Waals surface area contributed by atoms with Gasteiger partial charge in [0.2, 0.25) is 5.91 Å². The molecule has 0 spiro atoms. The van der Waals surface area contributed by atoms with E-state index >= 15 is 0 Å². The summed E-state index contributed by atoms with van der Waals surface area (Å²) in [6, 6.07) is 6.79. The van der Waals surface area contributed by atoms with Crippen LogP contribution in [-0.4, -0.2) is 86.2 Å². The lowest BCUT2D eigenvalue weighted by atomic mass is 9.74. The van der Waals surface area contributed by atoms with Crippen LogP contribution >= 0.6 is 0 Å². The zero-order valence-electron chi connectivity index (χ0n) is 20.9. The number of amides is 3. The van der Waals surface area contributed by atoms with E-state index in [0.29, 0.717) is 43.8 Å². The minimum absolute atomic E-state index is 0.0933. The number of carbonyl (C=O) groups excluding carboxylic acids is 3. The summed E-state index contributed by atoms with van der Waals surface area (Å²) in [5.41, 5.74) is -0.614. The molecule has 33 heavy (non-hydrogen) atoms. The second-order valence-corrected chi connectivity index (χ2v) is 10.0. The van der Waals surface area contributed by atoms with Gasteiger partial charge in [-0.3, -0.25) is 4.79 Å². The molecular weight excluding hydrogens is 424 g/mol. The number of anilines is 1. The van der Waals surface area contributed by atoms with Crippen molar-refractivity contribution >= 4 is 23.8 Å². The zero-order chi connectivity index (χ0) is 24.8. The van der Waals surface area contributed by atoms with Crippen molar-refractivity contribution in [3.05, 3.63) is 24.3 Å². The number of piperidine rings is 1. The van der Waals surface area contributed by atoms with Gasteiger partial charge in [-0.15, -0.1) is 0 Å². The highest BCUT2D eigenvalue weighted by atomic mass is 16.6. The van der Waals surface area contributed by atoms with Gasteiger partial charge in [-0.2, -0.15) is 0 Å². The summed E-state index contributed by atoms with van der Waals surface area (Å²) in [4.78, 5) is 42.8. The quantitative estimate of drug-likeness (QED) is 0.694. The Morgan fingerprint density at radius 2 is 1.73 bits per heavy atom. The molecule has 1 aliphatic heterocycles. The maximum Gasteiger partial charge on any atom is 0.414 e. The summed E-state index contributed by atoms with van der Waals surface area (Å²) in [5.74, 6) is 0.262. The first-order valence-electron chi connectivity index (χ1n) is 11.2. The number of benzene rings is 1. The summed E-state index contributed by atoms with van der Waals surface area (Å²) in [6.45, 7) is 7.18. The molecule has 0 aromatic heterocycles. The third-order valence-electron chi connectivity index (χ3n) is 5.55. The van der Waals surface area contributed by atoms with E-state index in [4.69, 9.17) is 9.47 Å². The fraction of sp³-hybridized carbons (Fsp3) is 0.625. The minimum atomic E-state index is -0.612. The van der Waals surface area contributed by atoms with Crippen molar-refractivity contribution in [1.29, 1.82) is 0 Å². The molecule has 0 radical (unpaired) electrons. The Morgan fingerprint density at radius 3 is 2.27 bits per heavy atom. The van der Waals surface area contributed by atoms with Crippen LogP contribution in [0.3, 0.4) is 0 Å². The highest BCUT2D eigenvalue weighted by molar-refractivity contribution is 5.95. The van der Waals surface area contributed by atoms with Crippen molar-refractivity contribution in [3.8, 4) is 5.75 Å². The van der Waals surface area contributed by atoms with E-state index in [0.717, 1.165) is 6.54 Å². The molecule has 1 heterocycles. The maximum absolute atomic E-state index is 13.5. The molecule has 2 rings (SSSR count). The van der Waals surface area contributed by atoms with Gasteiger partial charge in [0.25, 0.3) is 0 Å². The Bertz CT molecular complexity index is 840. The molecule has 0 saturated carbocycles. The van der Waals surface area contributed by atoms with Gasteiger partial charge in [0, 0.05) is 38.9 Å². The predicted octanol–water partition coefficient (Wildman–Crippen LogP) is 3.65. The number of hydrogen-bond donors (Lipinski definition) is 1. The Labute approximate surface area is 197 Å². The van der Waals surface area contributed by atoms with Crippen LogP contribution in [0.1, 0.15) is 40.0 Å². The van der Waals surface area contributed by atoms with Crippen LogP contribution in [0.4, 0.5) is 15.3 Å². The molecule has 9 nitrogen and oxygen atoms in total. The molecule has 0 aliphatic carbocycles. The smallest absolute Gasteiger partial charge is 0.414 e. The third kappa shape index (κ3) is 7.92. The Kier molecular flexibility index (Phi) is 8.71. The number of ether oxygens (including phenoxy) is 2. The van der Waals surface area contributed by atoms with E-state index < -0.39 is 17.1 Å². The van der Waals surface area contributed by atoms with Gasteiger partial charge in [0.05, 0.1) is 5.41 Å². The van der Waals surface area contributed by atoms with Gasteiger partial charge in [-0.1, -0.05) is 6.07 Å². The predicted molar refractivity (Wildman–Crippen MR) is 127 cm³/mol. The van der Waals surface area contributed by atoms with Gasteiger partial charge in [-0.05, 0) is 72.8 Å². The Morgan fingerprint density at radius 1 is 1.09 bits per heavy atom. The summed E-state index contributed by atoms with van der Waals surface area (Å²) >= 11 is 0. The van der Waals surface area contributed by atoms with E-state index in [9.17, 15) is 14.4 Å². The number of nitrogens with one attached hydrogen (secondary N) is 1. The lowest BCUT2D eigenvalue weighted by Gasteiger charge is -2.41. The van der Waals surface area contributed by atoms with Crippen molar-refractivity contribution < 1.29 is 23.9 Å².